The van der Waals surface area contributed by atoms with Crippen molar-refractivity contribution in [1.29, 1.82) is 0 Å². The van der Waals surface area contributed by atoms with Crippen LogP contribution in [0.15, 0.2) is 0 Å². The highest BCUT2D eigenvalue weighted by molar-refractivity contribution is 4.60. The number of hydrogen-bond acceptors (Lipinski definition) is 3. The molecule has 1 unspecified atom stereocenters. The third-order valence-corrected chi connectivity index (χ3v) is 2.77. The maximum atomic E-state index is 5.45. The monoisotopic (exact) mass is 231 g/mol. The van der Waals surface area contributed by atoms with Crippen LogP contribution in [0.5, 0.6) is 0 Å². The SMILES string of the molecule is CCCNCC(CC)CCCOCCOC. The first-order valence-corrected chi connectivity index (χ1v) is 6.62. The van der Waals surface area contributed by atoms with Crippen molar-refractivity contribution in [3.63, 3.8) is 0 Å². The summed E-state index contributed by atoms with van der Waals surface area (Å²) in [4.78, 5) is 0. The van der Waals surface area contributed by atoms with Crippen molar-refractivity contribution in [3.8, 4) is 0 Å². The van der Waals surface area contributed by atoms with Gasteiger partial charge in [-0.1, -0.05) is 20.3 Å². The van der Waals surface area contributed by atoms with E-state index in [-0.39, 0.29) is 0 Å². The van der Waals surface area contributed by atoms with E-state index in [1.807, 2.05) is 0 Å². The van der Waals surface area contributed by atoms with Gasteiger partial charge in [-0.15, -0.1) is 0 Å². The Hall–Kier alpha value is -0.120. The van der Waals surface area contributed by atoms with Gasteiger partial charge in [0.1, 0.15) is 0 Å². The van der Waals surface area contributed by atoms with Gasteiger partial charge in [0.15, 0.2) is 0 Å². The van der Waals surface area contributed by atoms with Gasteiger partial charge >= 0.3 is 0 Å². The zero-order chi connectivity index (χ0) is 12.1. The molecule has 3 nitrogen and oxygen atoms in total. The summed E-state index contributed by atoms with van der Waals surface area (Å²) >= 11 is 0. The van der Waals surface area contributed by atoms with Gasteiger partial charge < -0.3 is 14.8 Å². The number of hydrogen-bond donors (Lipinski definition) is 1. The van der Waals surface area contributed by atoms with Gasteiger partial charge in [-0.05, 0) is 38.3 Å². The van der Waals surface area contributed by atoms with Crippen LogP contribution in [-0.2, 0) is 9.47 Å². The predicted molar refractivity (Wildman–Crippen MR) is 68.9 cm³/mol. The second-order valence-corrected chi connectivity index (χ2v) is 4.23. The lowest BCUT2D eigenvalue weighted by molar-refractivity contribution is 0.0671. The average molecular weight is 231 g/mol. The summed E-state index contributed by atoms with van der Waals surface area (Å²) in [5, 5.41) is 3.49. The zero-order valence-corrected chi connectivity index (χ0v) is 11.3. The molecule has 0 aromatic carbocycles. The van der Waals surface area contributed by atoms with Crippen LogP contribution in [0, 0.1) is 5.92 Å². The highest BCUT2D eigenvalue weighted by Crippen LogP contribution is 2.09. The van der Waals surface area contributed by atoms with Gasteiger partial charge in [-0.2, -0.15) is 0 Å². The largest absolute Gasteiger partial charge is 0.382 e. The number of rotatable bonds is 12. The van der Waals surface area contributed by atoms with Crippen molar-refractivity contribution in [2.45, 2.75) is 39.5 Å². The molecule has 0 rings (SSSR count). The van der Waals surface area contributed by atoms with Crippen LogP contribution in [0.4, 0.5) is 0 Å². The lowest BCUT2D eigenvalue weighted by Gasteiger charge is -2.15. The molecule has 0 bridgehead atoms. The van der Waals surface area contributed by atoms with Gasteiger partial charge in [0.25, 0.3) is 0 Å². The molecule has 0 fully saturated rings. The highest BCUT2D eigenvalue weighted by Gasteiger charge is 2.04. The molecule has 0 aliphatic rings. The third-order valence-electron chi connectivity index (χ3n) is 2.77. The highest BCUT2D eigenvalue weighted by atomic mass is 16.5. The van der Waals surface area contributed by atoms with E-state index in [1.54, 1.807) is 7.11 Å². The van der Waals surface area contributed by atoms with E-state index >= 15 is 0 Å². The Morgan fingerprint density at radius 3 is 2.56 bits per heavy atom. The summed E-state index contributed by atoms with van der Waals surface area (Å²) in [6.45, 7) is 9.06. The molecule has 1 atom stereocenters. The second-order valence-electron chi connectivity index (χ2n) is 4.23. The van der Waals surface area contributed by atoms with E-state index in [0.29, 0.717) is 6.61 Å². The molecule has 0 amide bonds. The standard InChI is InChI=1S/C13H29NO2/c1-4-8-14-12-13(5-2)7-6-9-16-11-10-15-3/h13-14H,4-12H2,1-3H3. The van der Waals surface area contributed by atoms with E-state index in [0.717, 1.165) is 38.6 Å². The minimum Gasteiger partial charge on any atom is -0.382 e. The van der Waals surface area contributed by atoms with Crippen LogP contribution in [-0.4, -0.2) is 40.0 Å². The molecule has 0 saturated carbocycles. The Kier molecular flexibility index (Phi) is 12.9. The zero-order valence-electron chi connectivity index (χ0n) is 11.3. The molecule has 98 valence electrons. The molecular formula is C13H29NO2. The van der Waals surface area contributed by atoms with Gasteiger partial charge in [0.2, 0.25) is 0 Å². The van der Waals surface area contributed by atoms with Crippen molar-refractivity contribution in [1.82, 2.24) is 5.32 Å². The fraction of sp³-hybridized carbons (Fsp3) is 1.00. The Bertz CT molecular complexity index is 131. The Morgan fingerprint density at radius 2 is 1.94 bits per heavy atom. The molecule has 0 aliphatic carbocycles. The van der Waals surface area contributed by atoms with Crippen LogP contribution in [0.1, 0.15) is 39.5 Å². The summed E-state index contributed by atoms with van der Waals surface area (Å²) in [7, 11) is 1.70. The lowest BCUT2D eigenvalue weighted by atomic mass is 10.0. The fourth-order valence-corrected chi connectivity index (χ4v) is 1.65. The van der Waals surface area contributed by atoms with E-state index in [9.17, 15) is 0 Å². The Morgan fingerprint density at radius 1 is 1.12 bits per heavy atom. The molecule has 1 N–H and O–H groups in total. The summed E-state index contributed by atoms with van der Waals surface area (Å²) in [5.41, 5.74) is 0. The van der Waals surface area contributed by atoms with E-state index in [1.165, 1.54) is 19.3 Å². The van der Waals surface area contributed by atoms with Gasteiger partial charge in [-0.3, -0.25) is 0 Å². The average Bonchev–Trinajstić information content (AvgIpc) is 2.31. The minimum atomic E-state index is 0.704. The first kappa shape index (κ1) is 15.9. The van der Waals surface area contributed by atoms with E-state index in [4.69, 9.17) is 9.47 Å². The minimum absolute atomic E-state index is 0.704. The third kappa shape index (κ3) is 10.4. The Balaban J connectivity index is 3.26. The van der Waals surface area contributed by atoms with E-state index in [2.05, 4.69) is 19.2 Å². The molecule has 0 aromatic rings. The summed E-state index contributed by atoms with van der Waals surface area (Å²) in [6.07, 6.45) is 4.90. The fourth-order valence-electron chi connectivity index (χ4n) is 1.65. The molecular weight excluding hydrogens is 202 g/mol. The first-order valence-electron chi connectivity index (χ1n) is 6.62. The summed E-state index contributed by atoms with van der Waals surface area (Å²) in [6, 6.07) is 0. The predicted octanol–water partition coefficient (Wildman–Crippen LogP) is 2.46. The smallest absolute Gasteiger partial charge is 0.0700 e. The van der Waals surface area contributed by atoms with Crippen molar-refractivity contribution >= 4 is 0 Å². The Labute approximate surface area is 101 Å². The molecule has 0 aromatic heterocycles. The maximum absolute atomic E-state index is 5.45. The molecule has 0 aliphatic heterocycles. The van der Waals surface area contributed by atoms with Crippen molar-refractivity contribution in [2.75, 3.05) is 40.0 Å². The number of ether oxygens (including phenoxy) is 2. The first-order chi connectivity index (χ1) is 7.85. The van der Waals surface area contributed by atoms with Crippen molar-refractivity contribution in [2.24, 2.45) is 5.92 Å². The summed E-state index contributed by atoms with van der Waals surface area (Å²) in [5.74, 6) is 0.803. The second kappa shape index (κ2) is 12.9. The van der Waals surface area contributed by atoms with Crippen LogP contribution < -0.4 is 5.32 Å². The molecule has 0 heterocycles. The van der Waals surface area contributed by atoms with Gasteiger partial charge in [-0.25, -0.2) is 0 Å². The van der Waals surface area contributed by atoms with Crippen molar-refractivity contribution in [3.05, 3.63) is 0 Å². The van der Waals surface area contributed by atoms with Gasteiger partial charge in [0, 0.05) is 13.7 Å². The molecule has 3 heteroatoms. The molecule has 0 spiro atoms. The molecule has 16 heavy (non-hydrogen) atoms. The maximum Gasteiger partial charge on any atom is 0.0700 e. The summed E-state index contributed by atoms with van der Waals surface area (Å²) < 4.78 is 10.4. The molecule has 0 radical (unpaired) electrons. The van der Waals surface area contributed by atoms with E-state index < -0.39 is 0 Å². The topological polar surface area (TPSA) is 30.5 Å². The number of nitrogens with one attached hydrogen (secondary N) is 1. The van der Waals surface area contributed by atoms with Crippen LogP contribution in [0.25, 0.3) is 0 Å². The quantitative estimate of drug-likeness (QED) is 0.523. The van der Waals surface area contributed by atoms with Gasteiger partial charge in [0.05, 0.1) is 13.2 Å². The lowest BCUT2D eigenvalue weighted by Crippen LogP contribution is -2.23. The van der Waals surface area contributed by atoms with Crippen molar-refractivity contribution < 1.29 is 9.47 Å². The van der Waals surface area contributed by atoms with Crippen LogP contribution >= 0.6 is 0 Å². The normalized spacial score (nSPS) is 12.9. The number of methoxy groups -OCH3 is 1. The molecule has 0 saturated heterocycles. The van der Waals surface area contributed by atoms with Crippen LogP contribution in [0.2, 0.25) is 0 Å². The van der Waals surface area contributed by atoms with Crippen LogP contribution in [0.3, 0.4) is 0 Å².